The number of carbonyl (C=O) groups excluding carboxylic acids is 2. The molecule has 0 bridgehead atoms. The molecule has 1 aromatic rings. The Bertz CT molecular complexity index is 1550. The number of thioether (sulfide) groups is 1. The van der Waals surface area contributed by atoms with Gasteiger partial charge in [0.25, 0.3) is 10.1 Å². The molecule has 1 aromatic carbocycles. The van der Waals surface area contributed by atoms with Crippen LogP contribution < -0.4 is 51.4 Å². The van der Waals surface area contributed by atoms with E-state index in [9.17, 15) is 26.4 Å². The predicted octanol–water partition coefficient (Wildman–Crippen LogP) is -0.631. The minimum Gasteiger partial charge on any atom is -0.742 e. The average Bonchev–Trinajstić information content (AvgIpc) is 3.37. The summed E-state index contributed by atoms with van der Waals surface area (Å²) in [6, 6.07) is 6.49. The molecule has 0 aliphatic rings. The Morgan fingerprint density at radius 1 is 0.468 bits per heavy atom. The summed E-state index contributed by atoms with van der Waals surface area (Å²) in [6.07, 6.45) is 0. The van der Waals surface area contributed by atoms with E-state index in [1.54, 1.807) is 47.5 Å². The standard InChI is InChI=1S/C16H26O7S.C11H22O5S.C9H19ClO6S.C9H20O5.C2H4OS.K/c1-15-3-5-16(6-4-15)24(17,18)23-14-13-22-12-11-21-10-9-20-8-7-19-2;1-11(12)17-10-9-16-8-7-15-6-5-14-4-3-13-2;1-13-2-3-14-4-5-15-6-7-16-8-9-17(10,11)12;1-11-4-5-13-8-9-14-7-6-12-3-2-10;1-2(3)4;/h3-6H,7-14H2,1-2H3;3-10H2,1-2H3;2-9H2,1H3;10H,2-9H2,1H3;1H3,(H,3,4);/q;;;;;+1/p-1. The van der Waals surface area contributed by atoms with Crippen LogP contribution in [-0.2, 0) is 121 Å². The molecule has 0 aliphatic carbocycles. The van der Waals surface area contributed by atoms with Crippen molar-refractivity contribution in [3.63, 3.8) is 0 Å². The number of halogens is 1. The zero-order valence-electron chi connectivity index (χ0n) is 46.8. The van der Waals surface area contributed by atoms with Gasteiger partial charge in [-0.1, -0.05) is 29.5 Å². The fourth-order valence-corrected chi connectivity index (χ4v) is 6.07. The molecule has 1 N–H and O–H groups in total. The minimum absolute atomic E-state index is 0. The average molecular weight is 1240 g/mol. The Labute approximate surface area is 516 Å². The molecule has 30 heteroatoms. The van der Waals surface area contributed by atoms with Gasteiger partial charge in [-0.3, -0.25) is 8.98 Å². The van der Waals surface area contributed by atoms with E-state index in [2.05, 4.69) is 12.6 Å². The number of ether oxygens (including phenoxy) is 16. The van der Waals surface area contributed by atoms with Gasteiger partial charge >= 0.3 is 51.4 Å². The number of aliphatic hydroxyl groups is 1. The molecule has 0 radical (unpaired) electrons. The molecule has 0 spiro atoms. The number of rotatable bonds is 49. The number of aliphatic hydroxyl groups excluding tert-OH is 1. The smallest absolute Gasteiger partial charge is 0.742 e. The van der Waals surface area contributed by atoms with Gasteiger partial charge in [0.1, 0.15) is 0 Å². The third kappa shape index (κ3) is 85.2. The summed E-state index contributed by atoms with van der Waals surface area (Å²) < 4.78 is 131. The third-order valence-electron chi connectivity index (χ3n) is 7.72. The van der Waals surface area contributed by atoms with Gasteiger partial charge < -0.3 is 98.3 Å². The SMILES string of the molecule is CC(=O)[S-].COCCOCCOCCOCCO.COCCOCCOCCOCCOS(=O)(=O)c1ccc(C)cc1.COCCOCCOCCOCCS(=O)(=O)Cl.COCCOCCOCCOCCSC(C)=O.[K+]. The van der Waals surface area contributed by atoms with Gasteiger partial charge in [-0.25, -0.2) is 8.42 Å². The number of benzene rings is 1. The molecule has 0 unspecified atom stereocenters. The van der Waals surface area contributed by atoms with Crippen LogP contribution in [0.25, 0.3) is 0 Å². The van der Waals surface area contributed by atoms with Crippen LogP contribution >= 0.6 is 22.4 Å². The fraction of sp³-hybridized carbons (Fsp3) is 0.830. The van der Waals surface area contributed by atoms with Crippen molar-refractivity contribution in [2.45, 2.75) is 25.7 Å². The van der Waals surface area contributed by atoms with Crippen molar-refractivity contribution >= 4 is 64.5 Å². The van der Waals surface area contributed by atoms with Crippen LogP contribution in [0.3, 0.4) is 0 Å². The van der Waals surface area contributed by atoms with E-state index in [0.717, 1.165) is 5.56 Å². The number of methoxy groups -OCH3 is 4. The van der Waals surface area contributed by atoms with Crippen LogP contribution in [0, 0.1) is 6.92 Å². The van der Waals surface area contributed by atoms with Crippen LogP contribution in [0.5, 0.6) is 0 Å². The molecule has 24 nitrogen and oxygen atoms in total. The first-order chi connectivity index (χ1) is 36.5. The zero-order valence-corrected chi connectivity index (χ0v) is 53.9. The second-order valence-electron chi connectivity index (χ2n) is 14.2. The van der Waals surface area contributed by atoms with Crippen molar-refractivity contribution in [3.05, 3.63) is 29.8 Å². The number of hydrogen-bond acceptors (Lipinski definition) is 26. The van der Waals surface area contributed by atoms with Crippen molar-refractivity contribution < 1.29 is 163 Å². The van der Waals surface area contributed by atoms with E-state index in [1.165, 1.54) is 30.8 Å². The summed E-state index contributed by atoms with van der Waals surface area (Å²) in [6.45, 7) is 18.5. The number of carbonyl (C=O) groups is 2. The van der Waals surface area contributed by atoms with Gasteiger partial charge in [0.05, 0.1) is 209 Å². The maximum Gasteiger partial charge on any atom is 1.00 e. The fourth-order valence-electron chi connectivity index (χ4n) is 4.18. The van der Waals surface area contributed by atoms with E-state index in [4.69, 9.17) is 95.8 Å². The Balaban J connectivity index is -0.000000296. The molecule has 454 valence electrons. The molecule has 1 rings (SSSR count). The summed E-state index contributed by atoms with van der Waals surface area (Å²) in [7, 11) is 4.31. The van der Waals surface area contributed by atoms with Crippen LogP contribution in [0.2, 0.25) is 0 Å². The van der Waals surface area contributed by atoms with Gasteiger partial charge in [0.2, 0.25) is 9.05 Å². The van der Waals surface area contributed by atoms with Crippen molar-refractivity contribution in [3.8, 4) is 0 Å². The zero-order chi connectivity index (χ0) is 57.5. The van der Waals surface area contributed by atoms with Gasteiger partial charge in [-0.15, -0.1) is 0 Å². The van der Waals surface area contributed by atoms with Crippen molar-refractivity contribution in [2.24, 2.45) is 0 Å². The normalized spacial score (nSPS) is 10.9. The van der Waals surface area contributed by atoms with Crippen LogP contribution in [0.15, 0.2) is 29.2 Å². The molecule has 0 aliphatic heterocycles. The number of aryl methyl sites for hydroxylation is 1. The van der Waals surface area contributed by atoms with Crippen LogP contribution in [-0.4, -0.2) is 270 Å². The maximum absolute atomic E-state index is 11.9. The summed E-state index contributed by atoms with van der Waals surface area (Å²) in [5, 5.41) is 8.26. The molecule has 0 saturated carbocycles. The Morgan fingerprint density at radius 2 is 0.727 bits per heavy atom. The molecule has 0 saturated heterocycles. The van der Waals surface area contributed by atoms with Crippen molar-refractivity contribution in [1.29, 1.82) is 0 Å². The molecule has 0 aromatic heterocycles. The largest absolute Gasteiger partial charge is 1.00 e. The van der Waals surface area contributed by atoms with Gasteiger partial charge in [0, 0.05) is 56.9 Å². The first kappa shape index (κ1) is 86.0. The Hall–Kier alpha value is 0.236. The second kappa shape index (κ2) is 70.5. The van der Waals surface area contributed by atoms with Gasteiger partial charge in [-0.05, 0) is 26.0 Å². The molecule has 77 heavy (non-hydrogen) atoms. The van der Waals surface area contributed by atoms with Crippen LogP contribution in [0.4, 0.5) is 0 Å². The maximum atomic E-state index is 11.9. The Kier molecular flexibility index (Phi) is 78.8. The summed E-state index contributed by atoms with van der Waals surface area (Å²) >= 11 is 5.26. The van der Waals surface area contributed by atoms with E-state index >= 15 is 0 Å². The minimum atomic E-state index is -3.73. The molecule has 0 fully saturated rings. The van der Waals surface area contributed by atoms with Crippen molar-refractivity contribution in [1.82, 2.24) is 0 Å². The quantitative estimate of drug-likeness (QED) is 0.0279. The molecular formula is C47H90ClKO24S4. The van der Waals surface area contributed by atoms with E-state index in [1.807, 2.05) is 6.92 Å². The number of hydrogen-bond donors (Lipinski definition) is 1. The molecule has 0 amide bonds. The van der Waals surface area contributed by atoms with E-state index in [0.29, 0.717) is 178 Å². The molecular weight excluding hydrogens is 1150 g/mol. The van der Waals surface area contributed by atoms with Crippen LogP contribution in [0.1, 0.15) is 19.4 Å². The van der Waals surface area contributed by atoms with Crippen molar-refractivity contribution in [2.75, 3.05) is 238 Å². The Morgan fingerprint density at radius 3 is 1.00 bits per heavy atom. The van der Waals surface area contributed by atoms with Gasteiger partial charge in [-0.2, -0.15) is 8.42 Å². The summed E-state index contributed by atoms with van der Waals surface area (Å²) in [5.41, 5.74) is 0.987. The monoisotopic (exact) mass is 1240 g/mol. The first-order valence-electron chi connectivity index (χ1n) is 24.2. The second-order valence-corrected chi connectivity index (χ2v) is 20.6. The molecule has 0 atom stereocenters. The topological polar surface area (TPSA) is 280 Å². The van der Waals surface area contributed by atoms with E-state index < -0.39 is 19.2 Å². The third-order valence-corrected chi connectivity index (χ3v) is 10.9. The first-order valence-corrected chi connectivity index (χ1v) is 29.5. The predicted molar refractivity (Wildman–Crippen MR) is 290 cm³/mol. The summed E-state index contributed by atoms with van der Waals surface area (Å²) in [4.78, 5) is 20.0. The van der Waals surface area contributed by atoms with Gasteiger partial charge in [0.15, 0.2) is 5.12 Å². The van der Waals surface area contributed by atoms with E-state index in [-0.39, 0.29) is 98.7 Å². The molecule has 0 heterocycles. The summed E-state index contributed by atoms with van der Waals surface area (Å²) in [5.74, 6) is 0.518.